The molecule has 0 saturated carbocycles. The summed E-state index contributed by atoms with van der Waals surface area (Å²) in [6, 6.07) is 6.20. The smallest absolute Gasteiger partial charge is 0.228 e. The third-order valence-corrected chi connectivity index (χ3v) is 2.42. The van der Waals surface area contributed by atoms with E-state index >= 15 is 0 Å². The maximum atomic E-state index is 11.1. The Kier molecular flexibility index (Phi) is 1.83. The molecule has 2 nitrogen and oxygen atoms in total. The molecule has 0 unspecified atom stereocenters. The van der Waals surface area contributed by atoms with Gasteiger partial charge in [-0.3, -0.25) is 4.79 Å². The minimum Gasteiger partial charge on any atom is -0.326 e. The minimum absolute atomic E-state index is 0.107. The average Bonchev–Trinajstić information content (AvgIpc) is 2.42. The van der Waals surface area contributed by atoms with Crippen molar-refractivity contribution in [3.8, 4) is 0 Å². The standard InChI is InChI=1S/C11H13NO/c1-7(2)8-3-4-10-9(5-8)6-11(13)12-10/h3-5,7H,6H2,1-2H3,(H,12,13). The van der Waals surface area contributed by atoms with Crippen molar-refractivity contribution in [1.82, 2.24) is 0 Å². The van der Waals surface area contributed by atoms with Gasteiger partial charge in [-0.1, -0.05) is 26.0 Å². The predicted octanol–water partition coefficient (Wildman–Crippen LogP) is 2.30. The Labute approximate surface area is 78.0 Å². The molecule has 0 bridgehead atoms. The lowest BCUT2D eigenvalue weighted by molar-refractivity contribution is -0.115. The van der Waals surface area contributed by atoms with Gasteiger partial charge in [-0.2, -0.15) is 0 Å². The van der Waals surface area contributed by atoms with Gasteiger partial charge >= 0.3 is 0 Å². The van der Waals surface area contributed by atoms with Crippen LogP contribution in [0.5, 0.6) is 0 Å². The van der Waals surface area contributed by atoms with Crippen molar-refractivity contribution in [2.45, 2.75) is 26.2 Å². The second-order valence-corrected chi connectivity index (χ2v) is 3.80. The van der Waals surface area contributed by atoms with Crippen molar-refractivity contribution in [2.75, 3.05) is 5.32 Å². The molecule has 0 atom stereocenters. The normalized spacial score (nSPS) is 14.5. The van der Waals surface area contributed by atoms with Crippen molar-refractivity contribution >= 4 is 11.6 Å². The summed E-state index contributed by atoms with van der Waals surface area (Å²) >= 11 is 0. The second-order valence-electron chi connectivity index (χ2n) is 3.80. The first kappa shape index (κ1) is 8.30. The van der Waals surface area contributed by atoms with Crippen LogP contribution in [0.2, 0.25) is 0 Å². The fourth-order valence-electron chi connectivity index (χ4n) is 1.61. The van der Waals surface area contributed by atoms with E-state index < -0.39 is 0 Å². The molecule has 1 aromatic carbocycles. The van der Waals surface area contributed by atoms with Gasteiger partial charge in [0.15, 0.2) is 0 Å². The van der Waals surface area contributed by atoms with Crippen LogP contribution in [0.25, 0.3) is 0 Å². The van der Waals surface area contributed by atoms with Crippen LogP contribution in [0.15, 0.2) is 18.2 Å². The Bertz CT molecular complexity index is 355. The monoisotopic (exact) mass is 175 g/mol. The van der Waals surface area contributed by atoms with E-state index in [0.29, 0.717) is 12.3 Å². The van der Waals surface area contributed by atoms with E-state index in [1.54, 1.807) is 0 Å². The van der Waals surface area contributed by atoms with E-state index in [-0.39, 0.29) is 5.91 Å². The minimum atomic E-state index is 0.107. The summed E-state index contributed by atoms with van der Waals surface area (Å²) in [5.41, 5.74) is 3.42. The van der Waals surface area contributed by atoms with Gasteiger partial charge in [0, 0.05) is 5.69 Å². The maximum absolute atomic E-state index is 11.1. The molecule has 1 aliphatic heterocycles. The summed E-state index contributed by atoms with van der Waals surface area (Å²) in [5.74, 6) is 0.636. The number of carbonyl (C=O) groups is 1. The zero-order valence-electron chi connectivity index (χ0n) is 7.92. The van der Waals surface area contributed by atoms with E-state index in [0.717, 1.165) is 11.3 Å². The fourth-order valence-corrected chi connectivity index (χ4v) is 1.61. The third kappa shape index (κ3) is 1.44. The van der Waals surface area contributed by atoms with Gasteiger partial charge in [0.25, 0.3) is 0 Å². The van der Waals surface area contributed by atoms with Gasteiger partial charge in [-0.25, -0.2) is 0 Å². The summed E-state index contributed by atoms with van der Waals surface area (Å²) in [6.07, 6.45) is 0.538. The van der Waals surface area contributed by atoms with Crippen LogP contribution in [0.3, 0.4) is 0 Å². The number of hydrogen-bond acceptors (Lipinski definition) is 1. The van der Waals surface area contributed by atoms with E-state index in [9.17, 15) is 4.79 Å². The molecule has 1 N–H and O–H groups in total. The Balaban J connectivity index is 2.40. The van der Waals surface area contributed by atoms with Crippen LogP contribution in [0.1, 0.15) is 30.9 Å². The quantitative estimate of drug-likeness (QED) is 0.697. The van der Waals surface area contributed by atoms with Gasteiger partial charge in [0.05, 0.1) is 6.42 Å². The number of anilines is 1. The van der Waals surface area contributed by atoms with E-state index in [2.05, 4.69) is 31.3 Å². The Morgan fingerprint density at radius 1 is 1.38 bits per heavy atom. The van der Waals surface area contributed by atoms with Gasteiger partial charge in [0.2, 0.25) is 5.91 Å². The molecule has 0 radical (unpaired) electrons. The Hall–Kier alpha value is -1.31. The number of rotatable bonds is 1. The molecule has 2 heteroatoms. The summed E-state index contributed by atoms with van der Waals surface area (Å²) in [6.45, 7) is 4.32. The first-order chi connectivity index (χ1) is 6.16. The van der Waals surface area contributed by atoms with E-state index in [1.165, 1.54) is 5.56 Å². The first-order valence-electron chi connectivity index (χ1n) is 4.59. The highest BCUT2D eigenvalue weighted by atomic mass is 16.1. The SMILES string of the molecule is CC(C)c1ccc2c(c1)CC(=O)N2. The van der Waals surface area contributed by atoms with Gasteiger partial charge in [-0.15, -0.1) is 0 Å². The van der Waals surface area contributed by atoms with Gasteiger partial charge in [-0.05, 0) is 23.1 Å². The van der Waals surface area contributed by atoms with Crippen LogP contribution < -0.4 is 5.32 Å². The molecule has 0 spiro atoms. The lowest BCUT2D eigenvalue weighted by Gasteiger charge is -2.06. The molecule has 0 fully saturated rings. The fraction of sp³-hybridized carbons (Fsp3) is 0.364. The molecule has 0 aliphatic carbocycles. The average molecular weight is 175 g/mol. The summed E-state index contributed by atoms with van der Waals surface area (Å²) < 4.78 is 0. The van der Waals surface area contributed by atoms with Gasteiger partial charge in [0.1, 0.15) is 0 Å². The Morgan fingerprint density at radius 3 is 2.85 bits per heavy atom. The number of amides is 1. The highest BCUT2D eigenvalue weighted by molar-refractivity contribution is 5.99. The van der Waals surface area contributed by atoms with Crippen LogP contribution in [0.4, 0.5) is 5.69 Å². The van der Waals surface area contributed by atoms with Crippen LogP contribution in [-0.4, -0.2) is 5.91 Å². The second kappa shape index (κ2) is 2.87. The molecule has 1 aromatic rings. The Morgan fingerprint density at radius 2 is 2.15 bits per heavy atom. The van der Waals surface area contributed by atoms with Crippen molar-refractivity contribution in [3.05, 3.63) is 29.3 Å². The zero-order valence-corrected chi connectivity index (χ0v) is 7.92. The zero-order chi connectivity index (χ0) is 9.42. The van der Waals surface area contributed by atoms with Crippen molar-refractivity contribution in [1.29, 1.82) is 0 Å². The molecule has 13 heavy (non-hydrogen) atoms. The highest BCUT2D eigenvalue weighted by Crippen LogP contribution is 2.26. The topological polar surface area (TPSA) is 29.1 Å². The van der Waals surface area contributed by atoms with Crippen molar-refractivity contribution in [2.24, 2.45) is 0 Å². The van der Waals surface area contributed by atoms with Crippen LogP contribution in [0, 0.1) is 0 Å². The molecule has 0 aromatic heterocycles. The number of carbonyl (C=O) groups excluding carboxylic acids is 1. The van der Waals surface area contributed by atoms with Crippen molar-refractivity contribution in [3.63, 3.8) is 0 Å². The first-order valence-corrected chi connectivity index (χ1v) is 4.59. The third-order valence-electron chi connectivity index (χ3n) is 2.42. The number of hydrogen-bond donors (Lipinski definition) is 1. The van der Waals surface area contributed by atoms with E-state index in [4.69, 9.17) is 0 Å². The number of nitrogens with one attached hydrogen (secondary N) is 1. The van der Waals surface area contributed by atoms with Crippen LogP contribution in [-0.2, 0) is 11.2 Å². The molecule has 1 amide bonds. The summed E-state index contributed by atoms with van der Waals surface area (Å²) in [5, 5.41) is 2.82. The lowest BCUT2D eigenvalue weighted by atomic mass is 10.00. The molecule has 2 rings (SSSR count). The largest absolute Gasteiger partial charge is 0.326 e. The molecule has 68 valence electrons. The molecule has 1 heterocycles. The number of fused-ring (bicyclic) bond motifs is 1. The van der Waals surface area contributed by atoms with Crippen molar-refractivity contribution < 1.29 is 4.79 Å². The maximum Gasteiger partial charge on any atom is 0.228 e. The lowest BCUT2D eigenvalue weighted by Crippen LogP contribution is -2.03. The predicted molar refractivity (Wildman–Crippen MR) is 52.9 cm³/mol. The summed E-state index contributed by atoms with van der Waals surface area (Å²) in [4.78, 5) is 11.1. The van der Waals surface area contributed by atoms with Crippen LogP contribution >= 0.6 is 0 Å². The molecular weight excluding hydrogens is 162 g/mol. The molecule has 1 aliphatic rings. The molecule has 0 saturated heterocycles. The summed E-state index contributed by atoms with van der Waals surface area (Å²) in [7, 11) is 0. The highest BCUT2D eigenvalue weighted by Gasteiger charge is 2.17. The molecular formula is C11H13NO. The number of benzene rings is 1. The van der Waals surface area contributed by atoms with Gasteiger partial charge < -0.3 is 5.32 Å². The van der Waals surface area contributed by atoms with E-state index in [1.807, 2.05) is 6.07 Å².